The van der Waals surface area contributed by atoms with Crippen molar-refractivity contribution in [3.63, 3.8) is 0 Å². The zero-order valence-electron chi connectivity index (χ0n) is 10.1. The van der Waals surface area contributed by atoms with E-state index in [1.54, 1.807) is 11.1 Å². The highest BCUT2D eigenvalue weighted by Gasteiger charge is 2.09. The van der Waals surface area contributed by atoms with Gasteiger partial charge in [-0.15, -0.1) is 5.10 Å². The Morgan fingerprint density at radius 1 is 1.00 bits per heavy atom. The summed E-state index contributed by atoms with van der Waals surface area (Å²) in [5, 5.41) is 8.20. The van der Waals surface area contributed by atoms with Crippen LogP contribution in [-0.4, -0.2) is 5.87 Å². The largest absolute Gasteiger partial charge is 0.456 e. The molecule has 2 aromatic carbocycles. The number of fused-ring (bicyclic) bond motifs is 3. The third-order valence-corrected chi connectivity index (χ3v) is 3.19. The summed E-state index contributed by atoms with van der Waals surface area (Å²) in [5.74, 6) is 2.83. The number of nitrogens with zero attached hydrogens (tertiary/aromatic N) is 2. The molecule has 19 heavy (non-hydrogen) atoms. The van der Waals surface area contributed by atoms with Gasteiger partial charge < -0.3 is 4.42 Å². The van der Waals surface area contributed by atoms with Crippen LogP contribution in [0.2, 0.25) is 0 Å². The molecule has 0 spiro atoms. The van der Waals surface area contributed by atoms with Crippen LogP contribution in [0.4, 0.5) is 5.69 Å². The number of anilines is 1. The molecule has 0 N–H and O–H groups in total. The fraction of sp³-hybridized carbons (Fsp3) is 0. The number of rotatable bonds is 1. The van der Waals surface area contributed by atoms with Gasteiger partial charge in [-0.2, -0.15) is 0 Å². The molecule has 3 nitrogen and oxygen atoms in total. The molecular formula is C16H10N2O. The molecule has 0 radical (unpaired) electrons. The van der Waals surface area contributed by atoms with Gasteiger partial charge in [-0.25, -0.2) is 5.01 Å². The van der Waals surface area contributed by atoms with Gasteiger partial charge in [-0.3, -0.25) is 0 Å². The van der Waals surface area contributed by atoms with E-state index in [4.69, 9.17) is 4.42 Å². The maximum Gasteiger partial charge on any atom is 0.135 e. The molecule has 0 amide bonds. The molecule has 0 saturated carbocycles. The lowest BCUT2D eigenvalue weighted by atomic mass is 10.1. The van der Waals surface area contributed by atoms with Gasteiger partial charge in [0.25, 0.3) is 0 Å². The first-order valence-electron chi connectivity index (χ1n) is 6.08. The van der Waals surface area contributed by atoms with Crippen LogP contribution >= 0.6 is 0 Å². The molecule has 1 aliphatic heterocycles. The van der Waals surface area contributed by atoms with Gasteiger partial charge in [0.2, 0.25) is 0 Å². The van der Waals surface area contributed by atoms with E-state index in [0.29, 0.717) is 0 Å². The summed E-state index contributed by atoms with van der Waals surface area (Å²) in [6.07, 6.45) is 5.59. The zero-order chi connectivity index (χ0) is 12.7. The summed E-state index contributed by atoms with van der Waals surface area (Å²) >= 11 is 0. The third kappa shape index (κ3) is 1.57. The van der Waals surface area contributed by atoms with Crippen molar-refractivity contribution in [2.75, 3.05) is 5.01 Å². The Bertz CT molecular complexity index is 867. The lowest BCUT2D eigenvalue weighted by molar-refractivity contribution is 0.669. The van der Waals surface area contributed by atoms with Gasteiger partial charge in [-0.1, -0.05) is 18.2 Å². The highest BCUT2D eigenvalue weighted by atomic mass is 16.3. The Balaban J connectivity index is 1.97. The van der Waals surface area contributed by atoms with E-state index in [9.17, 15) is 0 Å². The van der Waals surface area contributed by atoms with Crippen LogP contribution in [-0.2, 0) is 0 Å². The minimum absolute atomic E-state index is 0.894. The van der Waals surface area contributed by atoms with E-state index in [2.05, 4.69) is 23.1 Å². The van der Waals surface area contributed by atoms with Crippen LogP contribution in [0.15, 0.2) is 70.3 Å². The van der Waals surface area contributed by atoms with Crippen LogP contribution in [0.3, 0.4) is 0 Å². The molecule has 3 heteroatoms. The average molecular weight is 246 g/mol. The fourth-order valence-electron chi connectivity index (χ4n) is 2.30. The SMILES string of the molecule is C1=CC=CN(c2ccc3oc4ccccc4c3c2)N=1. The second-order valence-electron chi connectivity index (χ2n) is 4.36. The van der Waals surface area contributed by atoms with E-state index < -0.39 is 0 Å². The van der Waals surface area contributed by atoms with Crippen molar-refractivity contribution in [1.29, 1.82) is 0 Å². The van der Waals surface area contributed by atoms with E-state index in [1.165, 1.54) is 0 Å². The van der Waals surface area contributed by atoms with E-state index in [0.717, 1.165) is 27.6 Å². The third-order valence-electron chi connectivity index (χ3n) is 3.19. The summed E-state index contributed by atoms with van der Waals surface area (Å²) in [6, 6.07) is 14.1. The van der Waals surface area contributed by atoms with Gasteiger partial charge in [0.1, 0.15) is 11.2 Å². The van der Waals surface area contributed by atoms with Gasteiger partial charge >= 0.3 is 0 Å². The molecule has 0 aliphatic carbocycles. The van der Waals surface area contributed by atoms with Crippen molar-refractivity contribution >= 4 is 33.5 Å². The Labute approximate surface area is 109 Å². The van der Waals surface area contributed by atoms with E-state index >= 15 is 0 Å². The second-order valence-corrected chi connectivity index (χ2v) is 4.36. The molecule has 0 saturated heterocycles. The Hall–Kier alpha value is -2.77. The van der Waals surface area contributed by atoms with Crippen molar-refractivity contribution in [2.45, 2.75) is 0 Å². The summed E-state index contributed by atoms with van der Waals surface area (Å²) in [7, 11) is 0. The highest BCUT2D eigenvalue weighted by Crippen LogP contribution is 2.31. The molecule has 0 atom stereocenters. The topological polar surface area (TPSA) is 28.7 Å². The van der Waals surface area contributed by atoms with Gasteiger partial charge in [-0.05, 0) is 30.3 Å². The first-order valence-corrected chi connectivity index (χ1v) is 6.08. The summed E-state index contributed by atoms with van der Waals surface area (Å²) in [5.41, 5.74) is 2.80. The molecule has 90 valence electrons. The van der Waals surface area contributed by atoms with Crippen molar-refractivity contribution in [3.8, 4) is 0 Å². The van der Waals surface area contributed by atoms with E-state index in [-0.39, 0.29) is 0 Å². The van der Waals surface area contributed by atoms with Crippen molar-refractivity contribution in [2.24, 2.45) is 5.10 Å². The van der Waals surface area contributed by atoms with Crippen molar-refractivity contribution < 1.29 is 4.42 Å². The second kappa shape index (κ2) is 3.87. The van der Waals surface area contributed by atoms with Crippen LogP contribution in [0.1, 0.15) is 0 Å². The first kappa shape index (κ1) is 10.2. The molecule has 0 unspecified atom stereocenters. The fourth-order valence-corrected chi connectivity index (χ4v) is 2.30. The average Bonchev–Trinajstić information content (AvgIpc) is 2.86. The van der Waals surface area contributed by atoms with E-state index in [1.807, 2.05) is 42.6 Å². The molecule has 2 heterocycles. The smallest absolute Gasteiger partial charge is 0.135 e. The summed E-state index contributed by atoms with van der Waals surface area (Å²) < 4.78 is 5.81. The molecule has 1 aromatic heterocycles. The van der Waals surface area contributed by atoms with Gasteiger partial charge in [0.05, 0.1) is 5.69 Å². The molecule has 3 aromatic rings. The van der Waals surface area contributed by atoms with Crippen molar-refractivity contribution in [1.82, 2.24) is 0 Å². The Kier molecular flexibility index (Phi) is 2.07. The molecular weight excluding hydrogens is 236 g/mol. The van der Waals surface area contributed by atoms with Crippen molar-refractivity contribution in [3.05, 3.63) is 60.8 Å². The first-order chi connectivity index (χ1) is 9.42. The maximum absolute atomic E-state index is 5.81. The molecule has 1 aliphatic rings. The minimum Gasteiger partial charge on any atom is -0.456 e. The number of allylic oxidation sites excluding steroid dienone is 2. The maximum atomic E-state index is 5.81. The lowest BCUT2D eigenvalue weighted by Gasteiger charge is -2.13. The molecule has 0 bridgehead atoms. The zero-order valence-corrected chi connectivity index (χ0v) is 10.1. The van der Waals surface area contributed by atoms with Crippen LogP contribution < -0.4 is 5.01 Å². The van der Waals surface area contributed by atoms with Gasteiger partial charge in [0.15, 0.2) is 0 Å². The van der Waals surface area contributed by atoms with Crippen LogP contribution in [0, 0.1) is 0 Å². The quantitative estimate of drug-likeness (QED) is 0.647. The Morgan fingerprint density at radius 2 is 1.89 bits per heavy atom. The lowest BCUT2D eigenvalue weighted by Crippen LogP contribution is -2.07. The monoisotopic (exact) mass is 246 g/mol. The van der Waals surface area contributed by atoms with Crippen LogP contribution in [0.25, 0.3) is 21.9 Å². The number of para-hydroxylation sites is 1. The normalized spacial score (nSPS) is 13.8. The number of hydrazone groups is 1. The predicted octanol–water partition coefficient (Wildman–Crippen LogP) is 4.06. The summed E-state index contributed by atoms with van der Waals surface area (Å²) in [6.45, 7) is 0. The molecule has 0 fully saturated rings. The predicted molar refractivity (Wildman–Crippen MR) is 77.3 cm³/mol. The van der Waals surface area contributed by atoms with Gasteiger partial charge in [0, 0.05) is 28.9 Å². The molecule has 4 rings (SSSR count). The standard InChI is InChI=1S/C16H10N2O/c1-2-6-15-13(5-1)14-11-12(7-8-16(14)19-15)18-10-4-3-9-17-18/h1-8,10-11H. The number of benzene rings is 2. The highest BCUT2D eigenvalue weighted by molar-refractivity contribution is 6.06. The number of hydrogen-bond acceptors (Lipinski definition) is 3. The number of hydrogen-bond donors (Lipinski definition) is 0. The number of furan rings is 1. The summed E-state index contributed by atoms with van der Waals surface area (Å²) in [4.78, 5) is 0. The van der Waals surface area contributed by atoms with Crippen LogP contribution in [0.5, 0.6) is 0 Å². The Morgan fingerprint density at radius 3 is 2.79 bits per heavy atom. The minimum atomic E-state index is 0.894.